The molecule has 1 aromatic carbocycles. The van der Waals surface area contributed by atoms with E-state index in [2.05, 4.69) is 16.6 Å². The first-order valence-corrected chi connectivity index (χ1v) is 9.94. The summed E-state index contributed by atoms with van der Waals surface area (Å²) >= 11 is 0. The fourth-order valence-corrected chi connectivity index (χ4v) is 3.89. The van der Waals surface area contributed by atoms with Gasteiger partial charge in [0, 0.05) is 42.0 Å². The third kappa shape index (κ3) is 4.74. The summed E-state index contributed by atoms with van der Waals surface area (Å²) in [5.41, 5.74) is 2.55. The van der Waals surface area contributed by atoms with Gasteiger partial charge in [0.2, 0.25) is 0 Å². The molecule has 8 heteroatoms. The summed E-state index contributed by atoms with van der Waals surface area (Å²) in [6.07, 6.45) is 0.268. The topological polar surface area (TPSA) is 51.6 Å². The predicted molar refractivity (Wildman–Crippen MR) is 115 cm³/mol. The van der Waals surface area contributed by atoms with E-state index in [9.17, 15) is 22.7 Å². The number of benzene rings is 1. The molecule has 0 unspecified atom stereocenters. The van der Waals surface area contributed by atoms with Gasteiger partial charge in [0.1, 0.15) is 11.7 Å². The lowest BCUT2D eigenvalue weighted by molar-refractivity contribution is -0.0883. The quantitative estimate of drug-likeness (QED) is 0.279. The van der Waals surface area contributed by atoms with E-state index in [-0.39, 0.29) is 6.61 Å². The van der Waals surface area contributed by atoms with Gasteiger partial charge in [-0.2, -0.15) is 13.2 Å². The number of allylic oxidation sites excluding steroid dienone is 3. The lowest BCUT2D eigenvalue weighted by Crippen LogP contribution is -2.35. The Balaban J connectivity index is 1.95. The maximum Gasteiger partial charge on any atom is 0.417 e. The van der Waals surface area contributed by atoms with Crippen molar-refractivity contribution >= 4 is 22.3 Å². The maximum atomic E-state index is 14.9. The van der Waals surface area contributed by atoms with Gasteiger partial charge < -0.3 is 15.0 Å². The van der Waals surface area contributed by atoms with Crippen molar-refractivity contribution in [2.75, 3.05) is 13.1 Å². The van der Waals surface area contributed by atoms with E-state index in [1.54, 1.807) is 19.2 Å². The van der Waals surface area contributed by atoms with Gasteiger partial charge in [0.15, 0.2) is 0 Å². The Morgan fingerprint density at radius 2 is 2.10 bits per heavy atom. The molecule has 0 spiro atoms. The largest absolute Gasteiger partial charge is 0.417 e. The number of amidine groups is 1. The number of alkyl halides is 3. The molecule has 3 rings (SSSR count). The fraction of sp³-hybridized carbons (Fsp3) is 0.348. The molecule has 1 saturated heterocycles. The Morgan fingerprint density at radius 3 is 2.74 bits per heavy atom. The highest BCUT2D eigenvalue weighted by atomic mass is 19.4. The number of aliphatic hydroxyl groups is 1. The highest BCUT2D eigenvalue weighted by Crippen LogP contribution is 2.34. The van der Waals surface area contributed by atoms with Crippen LogP contribution < -0.4 is 0 Å². The second-order valence-electron chi connectivity index (χ2n) is 7.53. The smallest absolute Gasteiger partial charge is 0.392 e. The summed E-state index contributed by atoms with van der Waals surface area (Å²) in [5, 5.41) is 10.2. The number of halogens is 4. The second kappa shape index (κ2) is 9.09. The van der Waals surface area contributed by atoms with Crippen molar-refractivity contribution in [3.63, 3.8) is 0 Å². The summed E-state index contributed by atoms with van der Waals surface area (Å²) in [4.78, 5) is 8.94. The third-order valence-electron chi connectivity index (χ3n) is 5.64. The van der Waals surface area contributed by atoms with Gasteiger partial charge in [0.05, 0.1) is 17.7 Å². The molecule has 1 aliphatic rings. The van der Waals surface area contributed by atoms with Crippen molar-refractivity contribution in [2.24, 2.45) is 4.99 Å². The fourth-order valence-electron chi connectivity index (χ4n) is 3.89. The summed E-state index contributed by atoms with van der Waals surface area (Å²) in [6.45, 7) is 7.55. The zero-order chi connectivity index (χ0) is 22.8. The minimum atomic E-state index is -4.50. The first kappa shape index (κ1) is 22.8. The molecule has 2 aromatic rings. The molecule has 1 aliphatic heterocycles. The van der Waals surface area contributed by atoms with Gasteiger partial charge in [-0.3, -0.25) is 0 Å². The highest BCUT2D eigenvalue weighted by Gasteiger charge is 2.31. The molecule has 166 valence electrons. The van der Waals surface area contributed by atoms with Gasteiger partial charge in [-0.25, -0.2) is 9.38 Å². The summed E-state index contributed by atoms with van der Waals surface area (Å²) < 4.78 is 53.6. The van der Waals surface area contributed by atoms with Gasteiger partial charge in [-0.1, -0.05) is 12.7 Å². The molecule has 0 radical (unpaired) electrons. The lowest BCUT2D eigenvalue weighted by Gasteiger charge is -2.31. The number of likely N-dealkylation sites (tertiary alicyclic amines) is 1. The number of aliphatic imine (C=N–C) groups is 1. The van der Waals surface area contributed by atoms with E-state index in [1.165, 1.54) is 6.07 Å². The Hall–Kier alpha value is -2.87. The molecule has 2 heterocycles. The molecule has 0 atom stereocenters. The van der Waals surface area contributed by atoms with Crippen molar-refractivity contribution in [3.05, 3.63) is 65.3 Å². The number of aliphatic hydroxyl groups excluding tert-OH is 1. The predicted octanol–water partition coefficient (Wildman–Crippen LogP) is 5.72. The number of fused-ring (bicyclic) bond motifs is 1. The van der Waals surface area contributed by atoms with Crippen LogP contribution in [0.2, 0.25) is 0 Å². The van der Waals surface area contributed by atoms with Crippen molar-refractivity contribution in [1.29, 1.82) is 0 Å². The molecule has 1 fully saturated rings. The lowest BCUT2D eigenvalue weighted by atomic mass is 9.92. The zero-order valence-electron chi connectivity index (χ0n) is 17.5. The van der Waals surface area contributed by atoms with Crippen molar-refractivity contribution in [2.45, 2.75) is 39.5 Å². The molecular weight excluding hydrogens is 410 g/mol. The van der Waals surface area contributed by atoms with Crippen LogP contribution in [0, 0.1) is 5.82 Å². The molecule has 31 heavy (non-hydrogen) atoms. The second-order valence-corrected chi connectivity index (χ2v) is 7.53. The van der Waals surface area contributed by atoms with Crippen LogP contribution in [0.25, 0.3) is 16.5 Å². The van der Waals surface area contributed by atoms with Crippen LogP contribution in [0.1, 0.15) is 37.8 Å². The Bertz CT molecular complexity index is 1080. The minimum Gasteiger partial charge on any atom is -0.392 e. The number of nitrogens with zero attached hydrogens (tertiary/aromatic N) is 2. The average molecular weight is 435 g/mol. The molecule has 0 saturated carbocycles. The van der Waals surface area contributed by atoms with E-state index in [0.717, 1.165) is 36.3 Å². The van der Waals surface area contributed by atoms with Crippen molar-refractivity contribution in [1.82, 2.24) is 9.88 Å². The van der Waals surface area contributed by atoms with Crippen molar-refractivity contribution in [3.8, 4) is 0 Å². The number of rotatable bonds is 4. The normalized spacial score (nSPS) is 18.0. The standard InChI is InChI=1S/C23H25F4N3O/c1-4-18(23(25,26)27)11-29-15(3)30-9-5-6-16(12-30)14(2)21-19-7-8-28-22(19)17(13-31)10-20(21)24/h4,7-8,10-11,28,31H,1,5-6,9,12-13H2,2-3H3/b16-14-,18-11+,29-15?. The monoisotopic (exact) mass is 435 g/mol. The molecule has 4 nitrogen and oxygen atoms in total. The molecule has 2 N–H and O–H groups in total. The van der Waals surface area contributed by atoms with E-state index >= 15 is 0 Å². The van der Waals surface area contributed by atoms with Crippen LogP contribution in [0.15, 0.2) is 53.3 Å². The third-order valence-corrected chi connectivity index (χ3v) is 5.64. The van der Waals surface area contributed by atoms with Gasteiger partial charge in [-0.15, -0.1) is 0 Å². The van der Waals surface area contributed by atoms with Crippen LogP contribution in [0.4, 0.5) is 17.6 Å². The van der Waals surface area contributed by atoms with Crippen LogP contribution in [-0.2, 0) is 6.61 Å². The number of hydrogen-bond acceptors (Lipinski definition) is 2. The summed E-state index contributed by atoms with van der Waals surface area (Å²) in [7, 11) is 0. The van der Waals surface area contributed by atoms with Gasteiger partial charge >= 0.3 is 6.18 Å². The SMILES string of the molecule is C=C/C(=C\N=C(C)N1CCC/C(=C(\C)c2c(F)cc(CO)c3[nH]ccc23)C1)C(F)(F)F. The van der Waals surface area contributed by atoms with Crippen molar-refractivity contribution < 1.29 is 22.7 Å². The number of H-pyrrole nitrogens is 1. The molecule has 0 aliphatic carbocycles. The number of hydrogen-bond donors (Lipinski definition) is 2. The molecular formula is C23H25F4N3O. The minimum absolute atomic E-state index is 0.272. The van der Waals surface area contributed by atoms with Crippen LogP contribution >= 0.6 is 0 Å². The van der Waals surface area contributed by atoms with E-state index in [0.29, 0.717) is 41.0 Å². The first-order valence-electron chi connectivity index (χ1n) is 9.94. The Labute approximate surface area is 178 Å². The molecule has 0 amide bonds. The van der Waals surface area contributed by atoms with E-state index in [1.807, 2.05) is 11.8 Å². The van der Waals surface area contributed by atoms with E-state index in [4.69, 9.17) is 0 Å². The van der Waals surface area contributed by atoms with Crippen LogP contribution in [0.5, 0.6) is 0 Å². The van der Waals surface area contributed by atoms with Crippen LogP contribution in [-0.4, -0.2) is 40.1 Å². The Kier molecular flexibility index (Phi) is 6.69. The van der Waals surface area contributed by atoms with Gasteiger partial charge in [-0.05, 0) is 50.0 Å². The van der Waals surface area contributed by atoms with Crippen LogP contribution in [0.3, 0.4) is 0 Å². The maximum absolute atomic E-state index is 14.9. The molecule has 1 aromatic heterocycles. The first-order chi connectivity index (χ1) is 14.7. The van der Waals surface area contributed by atoms with E-state index < -0.39 is 17.6 Å². The summed E-state index contributed by atoms with van der Waals surface area (Å²) in [5.74, 6) is 0.0453. The number of aromatic amines is 1. The summed E-state index contributed by atoms with van der Waals surface area (Å²) in [6, 6.07) is 3.12. The number of nitrogens with one attached hydrogen (secondary N) is 1. The zero-order valence-corrected chi connectivity index (χ0v) is 17.5. The average Bonchev–Trinajstić information content (AvgIpc) is 3.21. The molecule has 0 bridgehead atoms. The highest BCUT2D eigenvalue weighted by molar-refractivity contribution is 5.95. The van der Waals surface area contributed by atoms with Gasteiger partial charge in [0.25, 0.3) is 0 Å². The Morgan fingerprint density at radius 1 is 1.35 bits per heavy atom. The number of aromatic nitrogens is 1. The number of piperidine rings is 1.